The lowest BCUT2D eigenvalue weighted by Gasteiger charge is -2.39. The first-order valence-electron chi connectivity index (χ1n) is 13.2. The van der Waals surface area contributed by atoms with E-state index in [2.05, 4.69) is 10.2 Å². The van der Waals surface area contributed by atoms with Gasteiger partial charge in [-0.2, -0.15) is 11.3 Å². The van der Waals surface area contributed by atoms with Gasteiger partial charge in [-0.05, 0) is 64.2 Å². The molecule has 2 aliphatic rings. The minimum Gasteiger partial charge on any atom is -0.434 e. The molecule has 0 spiro atoms. The van der Waals surface area contributed by atoms with Gasteiger partial charge in [-0.25, -0.2) is 9.18 Å². The fourth-order valence-corrected chi connectivity index (χ4v) is 6.66. The molecule has 0 aliphatic carbocycles. The van der Waals surface area contributed by atoms with Crippen LogP contribution in [0, 0.1) is 11.7 Å². The molecule has 41 heavy (non-hydrogen) atoms. The molecule has 7 nitrogen and oxygen atoms in total. The predicted octanol–water partition coefficient (Wildman–Crippen LogP) is 6.95. The Bertz CT molecular complexity index is 1430. The molecular formula is C30H30ClFN2O5S2. The summed E-state index contributed by atoms with van der Waals surface area (Å²) in [7, 11) is 0. The van der Waals surface area contributed by atoms with Crippen LogP contribution in [0.4, 0.5) is 14.9 Å². The third-order valence-corrected chi connectivity index (χ3v) is 9.11. The molecule has 0 radical (unpaired) electrons. The summed E-state index contributed by atoms with van der Waals surface area (Å²) < 4.78 is 30.3. The van der Waals surface area contributed by atoms with Gasteiger partial charge in [0.2, 0.25) is 0 Å². The molecule has 11 heteroatoms. The zero-order valence-electron chi connectivity index (χ0n) is 22.7. The van der Waals surface area contributed by atoms with Crippen LogP contribution in [0.3, 0.4) is 0 Å². The van der Waals surface area contributed by atoms with Gasteiger partial charge < -0.3 is 24.4 Å². The van der Waals surface area contributed by atoms with Crippen molar-refractivity contribution in [2.24, 2.45) is 5.92 Å². The topological polar surface area (TPSA) is 77.1 Å². The number of nitrogens with zero attached hydrogens (tertiary/aromatic N) is 1. The van der Waals surface area contributed by atoms with Gasteiger partial charge in [-0.3, -0.25) is 4.79 Å². The van der Waals surface area contributed by atoms with Crippen molar-refractivity contribution in [2.45, 2.75) is 30.7 Å². The van der Waals surface area contributed by atoms with E-state index in [4.69, 9.17) is 25.8 Å². The SMILES string of the molecule is CC(C)COC(=O)OC1=C(Sc2ccc(F)cc2Cl)C(=O)NC(c2ccc(N3CCOCC3)cc2)(c2ccsc2)C1. The van der Waals surface area contributed by atoms with Gasteiger partial charge >= 0.3 is 6.16 Å². The van der Waals surface area contributed by atoms with Crippen molar-refractivity contribution in [3.8, 4) is 0 Å². The fourth-order valence-electron chi connectivity index (χ4n) is 4.76. The number of benzene rings is 2. The highest BCUT2D eigenvalue weighted by Crippen LogP contribution is 2.45. The summed E-state index contributed by atoms with van der Waals surface area (Å²) in [5.74, 6) is -0.687. The highest BCUT2D eigenvalue weighted by atomic mass is 35.5. The van der Waals surface area contributed by atoms with Gasteiger partial charge in [-0.15, -0.1) is 0 Å². The van der Waals surface area contributed by atoms with Crippen molar-refractivity contribution in [3.05, 3.63) is 91.9 Å². The minimum atomic E-state index is -1.01. The zero-order valence-corrected chi connectivity index (χ0v) is 25.0. The third-order valence-electron chi connectivity index (χ3n) is 6.81. The fraction of sp³-hybridized carbons (Fsp3) is 0.333. The number of hydrogen-bond donors (Lipinski definition) is 1. The van der Waals surface area contributed by atoms with Crippen LogP contribution < -0.4 is 10.2 Å². The molecule has 1 saturated heterocycles. The summed E-state index contributed by atoms with van der Waals surface area (Å²) >= 11 is 8.81. The van der Waals surface area contributed by atoms with Crippen molar-refractivity contribution in [1.29, 1.82) is 0 Å². The second-order valence-electron chi connectivity index (χ2n) is 10.2. The monoisotopic (exact) mass is 616 g/mol. The molecule has 3 aromatic rings. The van der Waals surface area contributed by atoms with Crippen molar-refractivity contribution in [1.82, 2.24) is 5.32 Å². The second-order valence-corrected chi connectivity index (χ2v) is 12.4. The van der Waals surface area contributed by atoms with E-state index in [1.807, 2.05) is 54.9 Å². The van der Waals surface area contributed by atoms with E-state index in [-0.39, 0.29) is 34.6 Å². The van der Waals surface area contributed by atoms with Gasteiger partial charge in [0, 0.05) is 30.1 Å². The molecule has 1 N–H and O–H groups in total. The number of ether oxygens (including phenoxy) is 3. The number of carbonyl (C=O) groups excluding carboxylic acids is 2. The average Bonchev–Trinajstić information content (AvgIpc) is 3.51. The average molecular weight is 617 g/mol. The number of thiophene rings is 1. The Kier molecular flexibility index (Phi) is 9.23. The molecule has 0 saturated carbocycles. The molecule has 1 aromatic heterocycles. The van der Waals surface area contributed by atoms with Crippen LogP contribution in [0.15, 0.2) is 74.9 Å². The number of thioether (sulfide) groups is 1. The van der Waals surface area contributed by atoms with Crippen LogP contribution in [-0.4, -0.2) is 45.0 Å². The van der Waals surface area contributed by atoms with Crippen LogP contribution in [0.5, 0.6) is 0 Å². The van der Waals surface area contributed by atoms with E-state index in [0.29, 0.717) is 18.1 Å². The molecule has 0 bridgehead atoms. The summed E-state index contributed by atoms with van der Waals surface area (Å²) in [5.41, 5.74) is 1.74. The lowest BCUT2D eigenvalue weighted by molar-refractivity contribution is -0.119. The van der Waals surface area contributed by atoms with Crippen LogP contribution in [0.25, 0.3) is 0 Å². The molecule has 2 aromatic carbocycles. The summed E-state index contributed by atoms with van der Waals surface area (Å²) in [5, 5.41) is 7.26. The number of morpholine rings is 1. The number of anilines is 1. The molecule has 1 unspecified atom stereocenters. The first-order chi connectivity index (χ1) is 19.7. The number of rotatable bonds is 8. The number of nitrogens with one attached hydrogen (secondary N) is 1. The predicted molar refractivity (Wildman–Crippen MR) is 159 cm³/mol. The molecule has 5 rings (SSSR count). The summed E-state index contributed by atoms with van der Waals surface area (Å²) in [6.45, 7) is 6.96. The largest absolute Gasteiger partial charge is 0.513 e. The third kappa shape index (κ3) is 6.72. The van der Waals surface area contributed by atoms with Crippen molar-refractivity contribution in [2.75, 3.05) is 37.8 Å². The maximum absolute atomic E-state index is 13.9. The highest BCUT2D eigenvalue weighted by Gasteiger charge is 2.44. The van der Waals surface area contributed by atoms with Gasteiger partial charge in [-0.1, -0.05) is 49.3 Å². The molecule has 1 atom stereocenters. The molecule has 1 fully saturated rings. The summed E-state index contributed by atoms with van der Waals surface area (Å²) in [4.78, 5) is 29.5. The second kappa shape index (κ2) is 12.9. The zero-order chi connectivity index (χ0) is 29.0. The summed E-state index contributed by atoms with van der Waals surface area (Å²) in [6, 6.07) is 13.9. The lowest BCUT2D eigenvalue weighted by Crippen LogP contribution is -2.50. The highest BCUT2D eigenvalue weighted by molar-refractivity contribution is 8.04. The number of amides is 1. The molecule has 216 valence electrons. The molecule has 1 amide bonds. The Morgan fingerprint density at radius 3 is 2.59 bits per heavy atom. The van der Waals surface area contributed by atoms with Crippen molar-refractivity contribution >= 4 is 52.4 Å². The molecular weight excluding hydrogens is 587 g/mol. The Morgan fingerprint density at radius 1 is 1.17 bits per heavy atom. The Balaban J connectivity index is 1.54. The number of hydrogen-bond acceptors (Lipinski definition) is 8. The maximum atomic E-state index is 13.9. The van der Waals surface area contributed by atoms with E-state index in [0.717, 1.165) is 41.7 Å². The number of carbonyl (C=O) groups is 2. The van der Waals surface area contributed by atoms with E-state index >= 15 is 0 Å². The Morgan fingerprint density at radius 2 is 1.93 bits per heavy atom. The first-order valence-corrected chi connectivity index (χ1v) is 15.4. The van der Waals surface area contributed by atoms with Crippen LogP contribution >= 0.6 is 34.7 Å². The quantitative estimate of drug-likeness (QED) is 0.274. The van der Waals surface area contributed by atoms with Crippen molar-refractivity contribution < 1.29 is 28.2 Å². The molecule has 3 heterocycles. The van der Waals surface area contributed by atoms with Crippen LogP contribution in [0.2, 0.25) is 5.02 Å². The van der Waals surface area contributed by atoms with E-state index in [9.17, 15) is 14.0 Å². The van der Waals surface area contributed by atoms with Crippen LogP contribution in [-0.2, 0) is 24.5 Å². The van der Waals surface area contributed by atoms with Crippen molar-refractivity contribution in [3.63, 3.8) is 0 Å². The van der Waals surface area contributed by atoms with Gasteiger partial charge in [0.05, 0.1) is 30.4 Å². The van der Waals surface area contributed by atoms with Gasteiger partial charge in [0.1, 0.15) is 16.5 Å². The lowest BCUT2D eigenvalue weighted by atomic mass is 9.79. The van der Waals surface area contributed by atoms with E-state index in [1.54, 1.807) is 0 Å². The van der Waals surface area contributed by atoms with E-state index < -0.39 is 23.4 Å². The number of halogens is 2. The van der Waals surface area contributed by atoms with Gasteiger partial charge in [0.25, 0.3) is 5.91 Å². The first kappa shape index (κ1) is 29.4. The van der Waals surface area contributed by atoms with Crippen LogP contribution in [0.1, 0.15) is 31.4 Å². The maximum Gasteiger partial charge on any atom is 0.513 e. The van der Waals surface area contributed by atoms with Gasteiger partial charge in [0.15, 0.2) is 0 Å². The smallest absolute Gasteiger partial charge is 0.434 e. The summed E-state index contributed by atoms with van der Waals surface area (Å²) in [6.07, 6.45) is -0.752. The minimum absolute atomic E-state index is 0.105. The Labute approximate surface area is 251 Å². The Hall–Kier alpha value is -3.05. The van der Waals surface area contributed by atoms with E-state index in [1.165, 1.54) is 29.5 Å². The standard InChI is InChI=1S/C30H30ClFN2O5S2/c1-19(2)17-38-29(36)39-25-16-30(21-9-14-40-18-21,20-3-6-23(7-4-20)34-10-12-37-13-11-34)33-28(35)27(25)41-26-8-5-22(32)15-24(26)31/h3-9,14-15,18-19H,10-13,16-17H2,1-2H3,(H,33,35). The normalized spacial score (nSPS) is 19.3. The molecule has 2 aliphatic heterocycles.